The van der Waals surface area contributed by atoms with Gasteiger partial charge < -0.3 is 5.32 Å². The lowest BCUT2D eigenvalue weighted by molar-refractivity contribution is 0.0436. The number of nitrogens with zero attached hydrogens (tertiary/aromatic N) is 1. The molecule has 0 heterocycles. The van der Waals surface area contributed by atoms with Crippen LogP contribution in [-0.4, -0.2) is 36.6 Å². The van der Waals surface area contributed by atoms with Gasteiger partial charge in [0.15, 0.2) is 0 Å². The van der Waals surface area contributed by atoms with Crippen LogP contribution in [0.5, 0.6) is 0 Å². The smallest absolute Gasteiger partial charge is 0.0252 e. The van der Waals surface area contributed by atoms with Gasteiger partial charge in [-0.15, -0.1) is 0 Å². The van der Waals surface area contributed by atoms with Gasteiger partial charge in [0.2, 0.25) is 0 Å². The van der Waals surface area contributed by atoms with E-state index >= 15 is 0 Å². The van der Waals surface area contributed by atoms with E-state index in [0.717, 1.165) is 24.5 Å². The molecular formula is C19H38N2. The minimum atomic E-state index is 0.506. The third-order valence-electron chi connectivity index (χ3n) is 6.72. The Labute approximate surface area is 133 Å². The first kappa shape index (κ1) is 17.3. The molecule has 0 spiro atoms. The van der Waals surface area contributed by atoms with Gasteiger partial charge in [0.05, 0.1) is 0 Å². The van der Waals surface area contributed by atoms with Crippen LogP contribution in [-0.2, 0) is 0 Å². The molecule has 2 rings (SSSR count). The van der Waals surface area contributed by atoms with Gasteiger partial charge >= 0.3 is 0 Å². The summed E-state index contributed by atoms with van der Waals surface area (Å²) in [6, 6.07) is 2.31. The predicted molar refractivity (Wildman–Crippen MR) is 92.7 cm³/mol. The molecule has 0 amide bonds. The van der Waals surface area contributed by atoms with Gasteiger partial charge in [-0.25, -0.2) is 0 Å². The quantitative estimate of drug-likeness (QED) is 0.779. The van der Waals surface area contributed by atoms with E-state index in [-0.39, 0.29) is 0 Å². The van der Waals surface area contributed by atoms with Gasteiger partial charge in [0.1, 0.15) is 0 Å². The molecule has 2 saturated carbocycles. The molecule has 0 aliphatic heterocycles. The van der Waals surface area contributed by atoms with E-state index in [1.54, 1.807) is 0 Å². The zero-order chi connectivity index (χ0) is 15.5. The Balaban J connectivity index is 2.07. The number of nitrogens with one attached hydrogen (secondary N) is 1. The van der Waals surface area contributed by atoms with Crippen molar-refractivity contribution in [3.63, 3.8) is 0 Å². The second kappa shape index (κ2) is 7.46. The van der Waals surface area contributed by atoms with E-state index in [1.807, 2.05) is 0 Å². The van der Waals surface area contributed by atoms with Gasteiger partial charge in [-0.05, 0) is 57.0 Å². The topological polar surface area (TPSA) is 15.3 Å². The maximum atomic E-state index is 3.79. The van der Waals surface area contributed by atoms with Crippen LogP contribution in [0.1, 0.15) is 79.1 Å². The molecule has 0 aromatic heterocycles. The van der Waals surface area contributed by atoms with Crippen molar-refractivity contribution >= 4 is 0 Å². The predicted octanol–water partition coefficient (Wildman–Crippen LogP) is 4.44. The first-order valence-corrected chi connectivity index (χ1v) is 9.45. The van der Waals surface area contributed by atoms with Crippen LogP contribution in [0.4, 0.5) is 0 Å². The average molecular weight is 295 g/mol. The fourth-order valence-electron chi connectivity index (χ4n) is 4.68. The number of likely N-dealkylation sites (N-methyl/N-ethyl adjacent to an activating group) is 2. The zero-order valence-electron chi connectivity index (χ0n) is 15.1. The first-order valence-electron chi connectivity index (χ1n) is 9.45. The fraction of sp³-hybridized carbons (Fsp3) is 1.00. The van der Waals surface area contributed by atoms with Crippen LogP contribution in [0.3, 0.4) is 0 Å². The summed E-state index contributed by atoms with van der Waals surface area (Å²) in [5, 5.41) is 3.79. The molecule has 0 radical (unpaired) electrons. The highest BCUT2D eigenvalue weighted by Gasteiger charge is 2.40. The minimum Gasteiger partial charge on any atom is -0.313 e. The van der Waals surface area contributed by atoms with Crippen molar-refractivity contribution in [2.24, 2.45) is 11.3 Å². The van der Waals surface area contributed by atoms with Crippen molar-refractivity contribution in [2.75, 3.05) is 13.6 Å². The summed E-state index contributed by atoms with van der Waals surface area (Å²) < 4.78 is 0. The molecule has 3 atom stereocenters. The number of hydrogen-bond acceptors (Lipinski definition) is 2. The molecule has 3 unspecified atom stereocenters. The highest BCUT2D eigenvalue weighted by atomic mass is 15.2. The highest BCUT2D eigenvalue weighted by Crippen LogP contribution is 2.42. The lowest BCUT2D eigenvalue weighted by atomic mass is 9.67. The summed E-state index contributed by atoms with van der Waals surface area (Å²) in [5.74, 6) is 0.895. The zero-order valence-corrected chi connectivity index (χ0v) is 15.1. The van der Waals surface area contributed by atoms with E-state index in [9.17, 15) is 0 Å². The Hall–Kier alpha value is -0.0800. The van der Waals surface area contributed by atoms with Crippen molar-refractivity contribution in [2.45, 2.75) is 97.2 Å². The van der Waals surface area contributed by atoms with E-state index in [0.29, 0.717) is 11.5 Å². The van der Waals surface area contributed by atoms with E-state index in [2.05, 4.69) is 45.0 Å². The Morgan fingerprint density at radius 3 is 2.29 bits per heavy atom. The molecule has 2 aliphatic carbocycles. The van der Waals surface area contributed by atoms with Crippen molar-refractivity contribution in [3.8, 4) is 0 Å². The van der Waals surface area contributed by atoms with E-state index in [1.165, 1.54) is 51.4 Å². The molecule has 0 bridgehead atoms. The van der Waals surface area contributed by atoms with Gasteiger partial charge in [-0.2, -0.15) is 0 Å². The lowest BCUT2D eigenvalue weighted by Crippen LogP contribution is -2.55. The highest BCUT2D eigenvalue weighted by molar-refractivity contribution is 4.96. The molecule has 2 nitrogen and oxygen atoms in total. The SMILES string of the molecule is CCNC1CCC(C(C)(C)CC)CC1N(C)C1CCCC1. The molecule has 1 N–H and O–H groups in total. The van der Waals surface area contributed by atoms with Crippen LogP contribution >= 0.6 is 0 Å². The minimum absolute atomic E-state index is 0.506. The van der Waals surface area contributed by atoms with Crippen molar-refractivity contribution in [1.82, 2.24) is 10.2 Å². The number of rotatable bonds is 6. The van der Waals surface area contributed by atoms with E-state index in [4.69, 9.17) is 0 Å². The molecular weight excluding hydrogens is 256 g/mol. The summed E-state index contributed by atoms with van der Waals surface area (Å²) in [6.45, 7) is 10.7. The molecule has 0 saturated heterocycles. The van der Waals surface area contributed by atoms with Gasteiger partial charge in [-0.3, -0.25) is 4.90 Å². The molecule has 21 heavy (non-hydrogen) atoms. The Kier molecular flexibility index (Phi) is 6.14. The molecule has 2 heteroatoms. The maximum Gasteiger partial charge on any atom is 0.0252 e. The van der Waals surface area contributed by atoms with Gasteiger partial charge in [-0.1, -0.05) is 47.0 Å². The largest absolute Gasteiger partial charge is 0.313 e. The number of hydrogen-bond donors (Lipinski definition) is 1. The Morgan fingerprint density at radius 1 is 1.05 bits per heavy atom. The third kappa shape index (κ3) is 4.01. The van der Waals surface area contributed by atoms with Crippen molar-refractivity contribution in [1.29, 1.82) is 0 Å². The third-order valence-corrected chi connectivity index (χ3v) is 6.72. The molecule has 2 aliphatic rings. The van der Waals surface area contributed by atoms with Crippen molar-refractivity contribution < 1.29 is 0 Å². The van der Waals surface area contributed by atoms with Crippen LogP contribution in [0.15, 0.2) is 0 Å². The molecule has 124 valence electrons. The molecule has 0 aromatic rings. The summed E-state index contributed by atoms with van der Waals surface area (Å²) in [4.78, 5) is 2.76. The molecule has 2 fully saturated rings. The average Bonchev–Trinajstić information content (AvgIpc) is 3.01. The lowest BCUT2D eigenvalue weighted by Gasteiger charge is -2.48. The van der Waals surface area contributed by atoms with Crippen LogP contribution in [0.2, 0.25) is 0 Å². The van der Waals surface area contributed by atoms with Crippen LogP contribution in [0.25, 0.3) is 0 Å². The second-order valence-electron chi connectivity index (χ2n) is 8.19. The van der Waals surface area contributed by atoms with Gasteiger partial charge in [0.25, 0.3) is 0 Å². The standard InChI is InChI=1S/C19H38N2/c1-6-19(3,4)15-12-13-17(20-7-2)18(14-15)21(5)16-10-8-9-11-16/h15-18,20H,6-14H2,1-5H3. The summed E-state index contributed by atoms with van der Waals surface area (Å²) in [5.41, 5.74) is 0.506. The Bertz CT molecular complexity index is 307. The summed E-state index contributed by atoms with van der Waals surface area (Å²) in [6.07, 6.45) is 11.2. The van der Waals surface area contributed by atoms with Crippen molar-refractivity contribution in [3.05, 3.63) is 0 Å². The maximum absolute atomic E-state index is 3.79. The Morgan fingerprint density at radius 2 is 1.71 bits per heavy atom. The monoisotopic (exact) mass is 294 g/mol. The van der Waals surface area contributed by atoms with Crippen LogP contribution in [0, 0.1) is 11.3 Å². The van der Waals surface area contributed by atoms with Gasteiger partial charge in [0, 0.05) is 18.1 Å². The van der Waals surface area contributed by atoms with Crippen LogP contribution < -0.4 is 5.32 Å². The molecule has 0 aromatic carbocycles. The first-order chi connectivity index (χ1) is 9.99. The summed E-state index contributed by atoms with van der Waals surface area (Å²) in [7, 11) is 2.41. The van der Waals surface area contributed by atoms with E-state index < -0.39 is 0 Å². The fourth-order valence-corrected chi connectivity index (χ4v) is 4.68. The second-order valence-corrected chi connectivity index (χ2v) is 8.19. The summed E-state index contributed by atoms with van der Waals surface area (Å²) >= 11 is 0. The normalized spacial score (nSPS) is 32.0.